The second-order valence-electron chi connectivity index (χ2n) is 6.14. The van der Waals surface area contributed by atoms with Crippen LogP contribution in [0.4, 0.5) is 0 Å². The van der Waals surface area contributed by atoms with E-state index in [2.05, 4.69) is 33.6 Å². The fourth-order valence-corrected chi connectivity index (χ4v) is 2.37. The van der Waals surface area contributed by atoms with Gasteiger partial charge in [-0.15, -0.1) is 0 Å². The van der Waals surface area contributed by atoms with E-state index in [-0.39, 0.29) is 24.7 Å². The van der Waals surface area contributed by atoms with Crippen molar-refractivity contribution in [3.8, 4) is 0 Å². The number of aliphatic carboxylic acids is 1. The Kier molecular flexibility index (Phi) is 12.6. The SMILES string of the molecule is NC(=O)CC(N)C(=O)NC(CS)C(=O)NC(CCCN=C(N)N)C(=O)NCC(=O)O. The van der Waals surface area contributed by atoms with E-state index in [4.69, 9.17) is 28.0 Å². The molecule has 30 heavy (non-hydrogen) atoms. The Morgan fingerprint density at radius 2 is 1.57 bits per heavy atom. The fraction of sp³-hybridized carbons (Fsp3) is 0.600. The Morgan fingerprint density at radius 3 is 2.07 bits per heavy atom. The number of carboxylic acids is 1. The zero-order valence-corrected chi connectivity index (χ0v) is 17.1. The molecule has 0 aromatic rings. The molecule has 0 aliphatic rings. The lowest BCUT2D eigenvalue weighted by molar-refractivity contribution is -0.138. The number of nitrogens with zero attached hydrogens (tertiary/aromatic N) is 1. The van der Waals surface area contributed by atoms with Gasteiger partial charge >= 0.3 is 5.97 Å². The minimum Gasteiger partial charge on any atom is -0.480 e. The molecule has 14 nitrogen and oxygen atoms in total. The minimum absolute atomic E-state index is 0.0857. The highest BCUT2D eigenvalue weighted by molar-refractivity contribution is 7.80. The van der Waals surface area contributed by atoms with Crippen molar-refractivity contribution < 1.29 is 29.1 Å². The average molecular weight is 449 g/mol. The first-order valence-corrected chi connectivity index (χ1v) is 9.41. The van der Waals surface area contributed by atoms with E-state index in [1.807, 2.05) is 0 Å². The molecular weight excluding hydrogens is 420 g/mol. The van der Waals surface area contributed by atoms with Crippen LogP contribution in [0.5, 0.6) is 0 Å². The van der Waals surface area contributed by atoms with Crippen molar-refractivity contribution in [2.45, 2.75) is 37.4 Å². The van der Waals surface area contributed by atoms with Gasteiger partial charge in [0.1, 0.15) is 18.6 Å². The first-order valence-electron chi connectivity index (χ1n) is 8.78. The highest BCUT2D eigenvalue weighted by Crippen LogP contribution is 2.01. The topological polar surface area (TPSA) is 258 Å². The number of hydrogen-bond acceptors (Lipinski definition) is 8. The van der Waals surface area contributed by atoms with Gasteiger partial charge < -0.3 is 44.0 Å². The van der Waals surface area contributed by atoms with Gasteiger partial charge in [-0.05, 0) is 12.8 Å². The Balaban J connectivity index is 5.07. The van der Waals surface area contributed by atoms with Crippen molar-refractivity contribution in [2.75, 3.05) is 18.8 Å². The van der Waals surface area contributed by atoms with Gasteiger partial charge in [-0.25, -0.2) is 0 Å². The number of carbonyl (C=O) groups excluding carboxylic acids is 4. The van der Waals surface area contributed by atoms with Gasteiger partial charge in [0.2, 0.25) is 23.6 Å². The summed E-state index contributed by atoms with van der Waals surface area (Å²) in [4.78, 5) is 61.9. The molecule has 0 spiro atoms. The molecule has 0 heterocycles. The van der Waals surface area contributed by atoms with Crippen LogP contribution in [0.3, 0.4) is 0 Å². The fourth-order valence-electron chi connectivity index (χ4n) is 2.11. The Labute approximate surface area is 178 Å². The van der Waals surface area contributed by atoms with E-state index in [0.717, 1.165) is 0 Å². The lowest BCUT2D eigenvalue weighted by Crippen LogP contribution is -2.57. The van der Waals surface area contributed by atoms with Crippen molar-refractivity contribution in [1.82, 2.24) is 16.0 Å². The molecular formula is C15H28N8O6S. The van der Waals surface area contributed by atoms with Crippen LogP contribution in [-0.4, -0.2) is 77.6 Å². The summed E-state index contributed by atoms with van der Waals surface area (Å²) in [5.41, 5.74) is 20.9. The van der Waals surface area contributed by atoms with E-state index < -0.39 is 60.7 Å². The second kappa shape index (κ2) is 14.0. The number of guanidine groups is 1. The minimum atomic E-state index is -1.27. The third-order valence-corrected chi connectivity index (χ3v) is 3.93. The predicted molar refractivity (Wildman–Crippen MR) is 110 cm³/mol. The van der Waals surface area contributed by atoms with Gasteiger partial charge in [0, 0.05) is 12.3 Å². The molecule has 0 saturated carbocycles. The van der Waals surface area contributed by atoms with Gasteiger partial charge in [-0.3, -0.25) is 29.0 Å². The first kappa shape index (κ1) is 26.9. The quantitative estimate of drug-likeness (QED) is 0.0534. The molecule has 0 radical (unpaired) electrons. The maximum atomic E-state index is 12.5. The third-order valence-electron chi connectivity index (χ3n) is 3.57. The Bertz CT molecular complexity index is 670. The van der Waals surface area contributed by atoms with E-state index in [9.17, 15) is 24.0 Å². The number of aliphatic imine (C=N–C) groups is 1. The summed E-state index contributed by atoms with van der Waals surface area (Å²) in [6.45, 7) is -0.469. The van der Waals surface area contributed by atoms with Gasteiger partial charge in [0.15, 0.2) is 5.96 Å². The van der Waals surface area contributed by atoms with E-state index in [1.165, 1.54) is 0 Å². The largest absolute Gasteiger partial charge is 0.480 e. The predicted octanol–water partition coefficient (Wildman–Crippen LogP) is -4.66. The van der Waals surface area contributed by atoms with Crippen LogP contribution in [0.2, 0.25) is 0 Å². The molecule has 170 valence electrons. The maximum Gasteiger partial charge on any atom is 0.322 e. The smallest absolute Gasteiger partial charge is 0.322 e. The average Bonchev–Trinajstić information content (AvgIpc) is 2.65. The van der Waals surface area contributed by atoms with Gasteiger partial charge in [-0.2, -0.15) is 12.6 Å². The molecule has 0 aliphatic heterocycles. The highest BCUT2D eigenvalue weighted by Gasteiger charge is 2.27. The molecule has 0 aliphatic carbocycles. The molecule has 0 saturated heterocycles. The van der Waals surface area contributed by atoms with Crippen LogP contribution in [-0.2, 0) is 24.0 Å². The molecule has 12 N–H and O–H groups in total. The van der Waals surface area contributed by atoms with Crippen LogP contribution in [0.25, 0.3) is 0 Å². The lowest BCUT2D eigenvalue weighted by atomic mass is 10.1. The Morgan fingerprint density at radius 1 is 0.967 bits per heavy atom. The van der Waals surface area contributed by atoms with E-state index in [0.29, 0.717) is 6.42 Å². The second-order valence-corrected chi connectivity index (χ2v) is 6.51. The summed E-state index contributed by atoms with van der Waals surface area (Å²) >= 11 is 3.99. The number of rotatable bonds is 14. The molecule has 0 aromatic carbocycles. The lowest BCUT2D eigenvalue weighted by Gasteiger charge is -2.23. The summed E-state index contributed by atoms with van der Waals surface area (Å²) in [6, 6.07) is -3.55. The molecule has 4 amide bonds. The zero-order valence-electron chi connectivity index (χ0n) is 16.2. The van der Waals surface area contributed by atoms with Crippen molar-refractivity contribution in [1.29, 1.82) is 0 Å². The number of amides is 4. The molecule has 3 unspecified atom stereocenters. The van der Waals surface area contributed by atoms with E-state index >= 15 is 0 Å². The van der Waals surface area contributed by atoms with Crippen molar-refractivity contribution in [3.05, 3.63) is 0 Å². The van der Waals surface area contributed by atoms with Gasteiger partial charge in [0.05, 0.1) is 12.5 Å². The van der Waals surface area contributed by atoms with Crippen molar-refractivity contribution in [3.63, 3.8) is 0 Å². The third kappa shape index (κ3) is 11.7. The molecule has 0 rings (SSSR count). The van der Waals surface area contributed by atoms with Crippen LogP contribution >= 0.6 is 12.6 Å². The standard InChI is InChI=1S/C15H28N8O6S/c16-7(4-10(17)24)12(27)23-9(6-30)14(29)22-8(2-1-3-20-15(18)19)13(28)21-5-11(25)26/h7-9,30H,1-6,16H2,(H2,17,24)(H,21,28)(H,22,29)(H,23,27)(H,25,26)(H4,18,19,20). The highest BCUT2D eigenvalue weighted by atomic mass is 32.1. The first-order chi connectivity index (χ1) is 14.0. The molecule has 0 bridgehead atoms. The number of thiol groups is 1. The number of nitrogens with one attached hydrogen (secondary N) is 3. The number of primary amides is 1. The molecule has 3 atom stereocenters. The number of nitrogens with two attached hydrogens (primary N) is 4. The molecule has 0 fully saturated rings. The maximum absolute atomic E-state index is 12.5. The number of hydrogen-bond donors (Lipinski definition) is 9. The van der Waals surface area contributed by atoms with Gasteiger partial charge in [-0.1, -0.05) is 0 Å². The Hall–Kier alpha value is -3.07. The summed E-state index contributed by atoms with van der Waals surface area (Å²) < 4.78 is 0. The number of carbonyl (C=O) groups is 5. The van der Waals surface area contributed by atoms with E-state index in [1.54, 1.807) is 0 Å². The van der Waals surface area contributed by atoms with Crippen LogP contribution in [0, 0.1) is 0 Å². The summed E-state index contributed by atoms with van der Waals surface area (Å²) in [5.74, 6) is -4.65. The summed E-state index contributed by atoms with van der Waals surface area (Å²) in [6.07, 6.45) is -0.0368. The number of carboxylic acid groups (broad SMARTS) is 1. The van der Waals surface area contributed by atoms with Crippen LogP contribution in [0.15, 0.2) is 4.99 Å². The van der Waals surface area contributed by atoms with Gasteiger partial charge in [0.25, 0.3) is 0 Å². The van der Waals surface area contributed by atoms with Crippen molar-refractivity contribution in [2.24, 2.45) is 27.9 Å². The van der Waals surface area contributed by atoms with Crippen LogP contribution < -0.4 is 38.9 Å². The summed E-state index contributed by atoms with van der Waals surface area (Å²) in [5, 5.41) is 15.6. The zero-order chi connectivity index (χ0) is 23.3. The van der Waals surface area contributed by atoms with Crippen LogP contribution in [0.1, 0.15) is 19.3 Å². The normalized spacial score (nSPS) is 13.3. The molecule has 15 heteroatoms. The summed E-state index contributed by atoms with van der Waals surface area (Å²) in [7, 11) is 0. The monoisotopic (exact) mass is 448 g/mol. The van der Waals surface area contributed by atoms with Crippen molar-refractivity contribution >= 4 is 48.2 Å². The molecule has 0 aromatic heterocycles.